The number of nitrogens with zero attached hydrogens (tertiary/aromatic N) is 1. The molecule has 1 rings (SSSR count). The van der Waals surface area contributed by atoms with Crippen LogP contribution in [0.2, 0.25) is 0 Å². The van der Waals surface area contributed by atoms with Gasteiger partial charge in [0.05, 0.1) is 0 Å². The predicted molar refractivity (Wildman–Crippen MR) is 101 cm³/mol. The van der Waals surface area contributed by atoms with Gasteiger partial charge in [-0.15, -0.1) is 0 Å². The van der Waals surface area contributed by atoms with Crippen molar-refractivity contribution in [3.63, 3.8) is 0 Å². The van der Waals surface area contributed by atoms with Crippen LogP contribution in [0.25, 0.3) is 0 Å². The molecule has 2 heteroatoms. The van der Waals surface area contributed by atoms with Gasteiger partial charge in [0.1, 0.15) is 7.05 Å². The Hall–Kier alpha value is -0.120. The average Bonchev–Trinajstić information content (AvgIpc) is 2.48. The van der Waals surface area contributed by atoms with E-state index in [-0.39, 0.29) is 0 Å². The van der Waals surface area contributed by atoms with Gasteiger partial charge in [0, 0.05) is 11.6 Å². The maximum atomic E-state index is 2.48. The molecule has 0 saturated carbocycles. The van der Waals surface area contributed by atoms with E-state index >= 15 is 0 Å². The van der Waals surface area contributed by atoms with Crippen molar-refractivity contribution in [2.45, 2.75) is 77.0 Å². The highest BCUT2D eigenvalue weighted by atomic mass is 127. The minimum atomic E-state index is 1.24. The van der Waals surface area contributed by atoms with Crippen LogP contribution < -0.4 is 4.57 Å². The molecule has 0 N–H and O–H groups in total. The van der Waals surface area contributed by atoms with Crippen LogP contribution in [0, 0.1) is 0 Å². The van der Waals surface area contributed by atoms with E-state index in [1.54, 1.807) is 0 Å². The number of rotatable bonds is 13. The lowest BCUT2D eigenvalue weighted by atomic mass is 10.0. The Balaban J connectivity index is 1.82. The SMILES string of the molecule is C[n+]1cccc(CCCCCCCCCCCCCI)c1. The maximum absolute atomic E-state index is 2.48. The molecule has 0 spiro atoms. The van der Waals surface area contributed by atoms with Crippen LogP contribution in [0.5, 0.6) is 0 Å². The summed E-state index contributed by atoms with van der Waals surface area (Å²) in [6.45, 7) is 0. The fourth-order valence-electron chi connectivity index (χ4n) is 2.81. The summed E-state index contributed by atoms with van der Waals surface area (Å²) in [7, 11) is 2.10. The van der Waals surface area contributed by atoms with Crippen LogP contribution in [-0.2, 0) is 13.5 Å². The van der Waals surface area contributed by atoms with Crippen molar-refractivity contribution in [1.29, 1.82) is 0 Å². The molecular weight excluding hydrogens is 369 g/mol. The Morgan fingerprint density at radius 2 is 1.33 bits per heavy atom. The molecule has 1 aromatic heterocycles. The minimum Gasteiger partial charge on any atom is -0.208 e. The second-order valence-electron chi connectivity index (χ2n) is 6.21. The molecule has 0 aliphatic carbocycles. The van der Waals surface area contributed by atoms with E-state index in [9.17, 15) is 0 Å². The summed E-state index contributed by atoms with van der Waals surface area (Å²) in [6.07, 6.45) is 21.3. The largest absolute Gasteiger partial charge is 0.208 e. The van der Waals surface area contributed by atoms with Crippen molar-refractivity contribution in [2.75, 3.05) is 4.43 Å². The monoisotopic (exact) mass is 402 g/mol. The summed E-state index contributed by atoms with van der Waals surface area (Å²) in [5.74, 6) is 0. The van der Waals surface area contributed by atoms with E-state index in [1.165, 1.54) is 87.0 Å². The Morgan fingerprint density at radius 1 is 0.810 bits per heavy atom. The third kappa shape index (κ3) is 11.1. The molecule has 1 aromatic rings. The predicted octanol–water partition coefficient (Wildman–Crippen LogP) is 5.78. The van der Waals surface area contributed by atoms with Gasteiger partial charge in [0.15, 0.2) is 12.4 Å². The first-order valence-corrected chi connectivity index (χ1v) is 10.4. The van der Waals surface area contributed by atoms with Gasteiger partial charge in [-0.25, -0.2) is 4.57 Å². The summed E-state index contributed by atoms with van der Waals surface area (Å²) in [6, 6.07) is 4.40. The molecule has 0 atom stereocenters. The van der Waals surface area contributed by atoms with Gasteiger partial charge < -0.3 is 0 Å². The second-order valence-corrected chi connectivity index (χ2v) is 7.28. The fraction of sp³-hybridized carbons (Fsp3) is 0.737. The highest BCUT2D eigenvalue weighted by Crippen LogP contribution is 2.12. The van der Waals surface area contributed by atoms with Crippen LogP contribution in [0.1, 0.15) is 76.2 Å². The van der Waals surface area contributed by atoms with Crippen LogP contribution in [0.3, 0.4) is 0 Å². The molecule has 0 aromatic carbocycles. The summed E-state index contributed by atoms with van der Waals surface area (Å²) < 4.78 is 3.48. The highest BCUT2D eigenvalue weighted by Gasteiger charge is 1.98. The van der Waals surface area contributed by atoms with Gasteiger partial charge in [-0.1, -0.05) is 80.4 Å². The first-order valence-electron chi connectivity index (χ1n) is 8.83. The minimum absolute atomic E-state index is 1.24. The van der Waals surface area contributed by atoms with Gasteiger partial charge in [-0.3, -0.25) is 0 Å². The van der Waals surface area contributed by atoms with Gasteiger partial charge in [0.25, 0.3) is 0 Å². The Bertz CT molecular complexity index is 351. The number of alkyl halides is 1. The Labute approximate surface area is 145 Å². The maximum Gasteiger partial charge on any atom is 0.171 e. The lowest BCUT2D eigenvalue weighted by Gasteiger charge is -2.03. The smallest absolute Gasteiger partial charge is 0.171 e. The molecular formula is C19H33IN+. The van der Waals surface area contributed by atoms with Crippen molar-refractivity contribution >= 4 is 22.6 Å². The van der Waals surface area contributed by atoms with Gasteiger partial charge >= 0.3 is 0 Å². The molecule has 0 saturated heterocycles. The number of aromatic nitrogens is 1. The van der Waals surface area contributed by atoms with Gasteiger partial charge in [0.2, 0.25) is 0 Å². The normalized spacial score (nSPS) is 11.0. The number of halogens is 1. The number of hydrogen-bond acceptors (Lipinski definition) is 0. The van der Waals surface area contributed by atoms with Crippen LogP contribution in [0.15, 0.2) is 24.5 Å². The number of aryl methyl sites for hydroxylation is 2. The summed E-state index contributed by atoms with van der Waals surface area (Å²) >= 11 is 2.48. The molecule has 0 unspecified atom stereocenters. The molecule has 1 heterocycles. The zero-order valence-corrected chi connectivity index (χ0v) is 16.0. The zero-order valence-electron chi connectivity index (χ0n) is 13.8. The quantitative estimate of drug-likeness (QED) is 0.170. The molecule has 120 valence electrons. The van der Waals surface area contributed by atoms with Gasteiger partial charge in [-0.05, 0) is 29.8 Å². The summed E-state index contributed by atoms with van der Waals surface area (Å²) in [5.41, 5.74) is 1.48. The number of hydrogen-bond donors (Lipinski definition) is 0. The molecule has 0 amide bonds. The molecule has 21 heavy (non-hydrogen) atoms. The molecule has 0 aliphatic heterocycles. The van der Waals surface area contributed by atoms with Crippen molar-refractivity contribution < 1.29 is 4.57 Å². The lowest BCUT2D eigenvalue weighted by Crippen LogP contribution is -2.26. The summed E-state index contributed by atoms with van der Waals surface area (Å²) in [5, 5.41) is 0. The third-order valence-electron chi connectivity index (χ3n) is 4.10. The van der Waals surface area contributed by atoms with E-state index in [1.807, 2.05) is 0 Å². The average molecular weight is 402 g/mol. The van der Waals surface area contributed by atoms with E-state index < -0.39 is 0 Å². The van der Waals surface area contributed by atoms with Crippen LogP contribution in [0.4, 0.5) is 0 Å². The molecule has 0 fully saturated rings. The first-order chi connectivity index (χ1) is 10.3. The highest BCUT2D eigenvalue weighted by molar-refractivity contribution is 14.1. The van der Waals surface area contributed by atoms with Crippen LogP contribution >= 0.6 is 22.6 Å². The zero-order chi connectivity index (χ0) is 15.2. The molecule has 0 bridgehead atoms. The molecule has 0 radical (unpaired) electrons. The van der Waals surface area contributed by atoms with E-state index in [2.05, 4.69) is 58.7 Å². The van der Waals surface area contributed by atoms with Crippen molar-refractivity contribution in [2.24, 2.45) is 7.05 Å². The molecule has 0 aliphatic rings. The van der Waals surface area contributed by atoms with Crippen molar-refractivity contribution in [3.8, 4) is 0 Å². The third-order valence-corrected chi connectivity index (χ3v) is 4.86. The molecule has 1 nitrogen and oxygen atoms in total. The Morgan fingerprint density at radius 3 is 1.86 bits per heavy atom. The van der Waals surface area contributed by atoms with E-state index in [0.717, 1.165) is 0 Å². The number of pyridine rings is 1. The van der Waals surface area contributed by atoms with Crippen molar-refractivity contribution in [3.05, 3.63) is 30.1 Å². The topological polar surface area (TPSA) is 3.88 Å². The number of unbranched alkanes of at least 4 members (excludes halogenated alkanes) is 10. The van der Waals surface area contributed by atoms with Crippen molar-refractivity contribution in [1.82, 2.24) is 0 Å². The van der Waals surface area contributed by atoms with E-state index in [4.69, 9.17) is 0 Å². The second kappa shape index (κ2) is 13.5. The lowest BCUT2D eigenvalue weighted by molar-refractivity contribution is -0.671. The summed E-state index contributed by atoms with van der Waals surface area (Å²) in [4.78, 5) is 0. The first kappa shape index (κ1) is 18.9. The Kier molecular flexibility index (Phi) is 12.2. The standard InChI is InChI=1S/C19H33IN/c1-21-17-13-15-19(18-21)14-11-9-7-5-3-2-4-6-8-10-12-16-20/h13,15,17-18H,2-12,14,16H2,1H3/q+1. The van der Waals surface area contributed by atoms with Crippen LogP contribution in [-0.4, -0.2) is 4.43 Å². The fourth-order valence-corrected chi connectivity index (χ4v) is 3.35. The van der Waals surface area contributed by atoms with E-state index in [0.29, 0.717) is 0 Å². The van der Waals surface area contributed by atoms with Gasteiger partial charge in [-0.2, -0.15) is 0 Å².